The summed E-state index contributed by atoms with van der Waals surface area (Å²) < 4.78 is 11.1. The molecule has 1 aromatic carbocycles. The molecule has 2 fully saturated rings. The number of methoxy groups -OCH3 is 1. The number of carbonyl (C=O) groups is 1. The highest BCUT2D eigenvalue weighted by molar-refractivity contribution is 5.97. The van der Waals surface area contributed by atoms with E-state index in [0.717, 1.165) is 25.2 Å². The molecule has 0 N–H and O–H groups in total. The van der Waals surface area contributed by atoms with Crippen molar-refractivity contribution in [1.29, 1.82) is 0 Å². The maximum atomic E-state index is 12.2. The third-order valence-corrected chi connectivity index (χ3v) is 4.58. The number of fused-ring (bicyclic) bond motifs is 2. The fourth-order valence-electron chi connectivity index (χ4n) is 3.44. The zero-order valence-corrected chi connectivity index (χ0v) is 11.4. The van der Waals surface area contributed by atoms with Crippen molar-refractivity contribution in [3.8, 4) is 5.75 Å². The zero-order valence-electron chi connectivity index (χ0n) is 11.4. The van der Waals surface area contributed by atoms with E-state index in [-0.39, 0.29) is 18.0 Å². The number of rotatable bonds is 5. The van der Waals surface area contributed by atoms with E-state index in [2.05, 4.69) is 0 Å². The Bertz CT molecular complexity index is 473. The van der Waals surface area contributed by atoms with E-state index in [4.69, 9.17) is 9.47 Å². The molecule has 0 heterocycles. The van der Waals surface area contributed by atoms with Gasteiger partial charge < -0.3 is 9.47 Å². The molecule has 1 aromatic rings. The highest BCUT2D eigenvalue weighted by Crippen LogP contribution is 2.49. The van der Waals surface area contributed by atoms with Crippen LogP contribution in [0.15, 0.2) is 24.3 Å². The van der Waals surface area contributed by atoms with Gasteiger partial charge in [0.25, 0.3) is 0 Å². The Labute approximate surface area is 113 Å². The predicted octanol–water partition coefficient (Wildman–Crippen LogP) is 3.23. The molecule has 2 saturated carbocycles. The summed E-state index contributed by atoms with van der Waals surface area (Å²) in [7, 11) is 1.61. The van der Waals surface area contributed by atoms with Crippen LogP contribution in [0.5, 0.6) is 5.75 Å². The third-order valence-electron chi connectivity index (χ3n) is 4.58. The molecule has 0 aromatic heterocycles. The van der Waals surface area contributed by atoms with E-state index in [1.807, 2.05) is 18.2 Å². The van der Waals surface area contributed by atoms with Crippen LogP contribution in [0.25, 0.3) is 0 Å². The molecular formula is C16H20O3. The molecule has 0 amide bonds. The summed E-state index contributed by atoms with van der Waals surface area (Å²) in [5, 5.41) is 0. The first kappa shape index (κ1) is 12.7. The first-order valence-electron chi connectivity index (χ1n) is 7.02. The lowest BCUT2D eigenvalue weighted by atomic mass is 9.97. The lowest BCUT2D eigenvalue weighted by Gasteiger charge is -2.26. The Kier molecular flexibility index (Phi) is 3.31. The number of hydrogen-bond acceptors (Lipinski definition) is 3. The minimum atomic E-state index is 0.0131. The SMILES string of the molecule is COc1cccc(C(=O)COC23CCC(CC2)C3)c1. The van der Waals surface area contributed by atoms with E-state index in [0.29, 0.717) is 11.3 Å². The van der Waals surface area contributed by atoms with Crippen LogP contribution in [0.4, 0.5) is 0 Å². The Morgan fingerprint density at radius 3 is 2.79 bits per heavy atom. The third kappa shape index (κ3) is 2.52. The first-order chi connectivity index (χ1) is 9.21. The fraction of sp³-hybridized carbons (Fsp3) is 0.562. The fourth-order valence-corrected chi connectivity index (χ4v) is 3.44. The van der Waals surface area contributed by atoms with Gasteiger partial charge in [-0.1, -0.05) is 12.1 Å². The van der Waals surface area contributed by atoms with Gasteiger partial charge in [0.15, 0.2) is 5.78 Å². The van der Waals surface area contributed by atoms with Gasteiger partial charge in [-0.15, -0.1) is 0 Å². The van der Waals surface area contributed by atoms with Crippen molar-refractivity contribution in [1.82, 2.24) is 0 Å². The highest BCUT2D eigenvalue weighted by Gasteiger charge is 2.45. The van der Waals surface area contributed by atoms with Crippen LogP contribution in [-0.4, -0.2) is 25.1 Å². The molecule has 0 atom stereocenters. The molecule has 19 heavy (non-hydrogen) atoms. The molecule has 0 saturated heterocycles. The van der Waals surface area contributed by atoms with E-state index >= 15 is 0 Å². The van der Waals surface area contributed by atoms with E-state index in [1.54, 1.807) is 13.2 Å². The van der Waals surface area contributed by atoms with Gasteiger partial charge in [0, 0.05) is 5.56 Å². The smallest absolute Gasteiger partial charge is 0.188 e. The normalized spacial score (nSPS) is 28.6. The molecule has 2 bridgehead atoms. The highest BCUT2D eigenvalue weighted by atomic mass is 16.5. The number of Topliss-reactive ketones (excluding diaryl/α,β-unsaturated/α-hetero) is 1. The zero-order chi connectivity index (χ0) is 13.3. The van der Waals surface area contributed by atoms with Crippen molar-refractivity contribution in [2.45, 2.75) is 37.7 Å². The minimum Gasteiger partial charge on any atom is -0.497 e. The molecule has 2 aliphatic carbocycles. The Morgan fingerprint density at radius 2 is 2.16 bits per heavy atom. The van der Waals surface area contributed by atoms with Gasteiger partial charge in [-0.05, 0) is 50.2 Å². The van der Waals surface area contributed by atoms with Gasteiger partial charge in [-0.2, -0.15) is 0 Å². The monoisotopic (exact) mass is 260 g/mol. The second-order valence-corrected chi connectivity index (χ2v) is 5.77. The van der Waals surface area contributed by atoms with Crippen molar-refractivity contribution in [2.24, 2.45) is 5.92 Å². The van der Waals surface area contributed by atoms with Crippen LogP contribution in [-0.2, 0) is 4.74 Å². The van der Waals surface area contributed by atoms with E-state index < -0.39 is 0 Å². The van der Waals surface area contributed by atoms with Gasteiger partial charge in [-0.25, -0.2) is 0 Å². The largest absolute Gasteiger partial charge is 0.497 e. The van der Waals surface area contributed by atoms with E-state index in [9.17, 15) is 4.79 Å². The van der Waals surface area contributed by atoms with Crippen molar-refractivity contribution in [2.75, 3.05) is 13.7 Å². The van der Waals surface area contributed by atoms with E-state index in [1.165, 1.54) is 12.8 Å². The second kappa shape index (κ2) is 4.97. The van der Waals surface area contributed by atoms with Gasteiger partial charge >= 0.3 is 0 Å². The van der Waals surface area contributed by atoms with Gasteiger partial charge in [0.2, 0.25) is 0 Å². The summed E-state index contributed by atoms with van der Waals surface area (Å²) >= 11 is 0. The molecule has 3 rings (SSSR count). The summed E-state index contributed by atoms with van der Waals surface area (Å²) in [5.74, 6) is 1.60. The molecule has 0 unspecified atom stereocenters. The van der Waals surface area contributed by atoms with Crippen LogP contribution in [0.2, 0.25) is 0 Å². The number of ketones is 1. The summed E-state index contributed by atoms with van der Waals surface area (Å²) in [6.07, 6.45) is 5.95. The van der Waals surface area contributed by atoms with Crippen molar-refractivity contribution in [3.63, 3.8) is 0 Å². The van der Waals surface area contributed by atoms with Crippen LogP contribution < -0.4 is 4.74 Å². The second-order valence-electron chi connectivity index (χ2n) is 5.77. The van der Waals surface area contributed by atoms with Crippen LogP contribution in [0, 0.1) is 5.92 Å². The van der Waals surface area contributed by atoms with Crippen molar-refractivity contribution in [3.05, 3.63) is 29.8 Å². The number of ether oxygens (including phenoxy) is 2. The summed E-state index contributed by atoms with van der Waals surface area (Å²) in [6, 6.07) is 7.27. The van der Waals surface area contributed by atoms with Crippen LogP contribution >= 0.6 is 0 Å². The Hall–Kier alpha value is -1.35. The lowest BCUT2D eigenvalue weighted by Crippen LogP contribution is -2.29. The number of benzene rings is 1. The average molecular weight is 260 g/mol. The summed E-state index contributed by atoms with van der Waals surface area (Å²) in [4.78, 5) is 12.2. The standard InChI is InChI=1S/C16H20O3/c1-18-14-4-2-3-13(9-14)15(17)11-19-16-7-5-12(10-16)6-8-16/h2-4,9,12H,5-8,10-11H2,1H3. The molecule has 0 radical (unpaired) electrons. The Balaban J connectivity index is 1.62. The molecule has 3 nitrogen and oxygen atoms in total. The molecular weight excluding hydrogens is 240 g/mol. The quantitative estimate of drug-likeness (QED) is 0.762. The molecule has 0 aliphatic heterocycles. The van der Waals surface area contributed by atoms with Gasteiger partial charge in [0.1, 0.15) is 12.4 Å². The van der Waals surface area contributed by atoms with Gasteiger partial charge in [-0.3, -0.25) is 4.79 Å². The minimum absolute atomic E-state index is 0.0131. The summed E-state index contributed by atoms with van der Waals surface area (Å²) in [6.45, 7) is 0.194. The predicted molar refractivity (Wildman–Crippen MR) is 72.6 cm³/mol. The Morgan fingerprint density at radius 1 is 1.37 bits per heavy atom. The molecule has 102 valence electrons. The maximum Gasteiger partial charge on any atom is 0.188 e. The summed E-state index contributed by atoms with van der Waals surface area (Å²) in [5.41, 5.74) is 0.683. The number of hydrogen-bond donors (Lipinski definition) is 0. The molecule has 0 spiro atoms. The van der Waals surface area contributed by atoms with Crippen LogP contribution in [0.1, 0.15) is 42.5 Å². The first-order valence-corrected chi connectivity index (χ1v) is 7.02. The topological polar surface area (TPSA) is 35.5 Å². The van der Waals surface area contributed by atoms with Crippen LogP contribution in [0.3, 0.4) is 0 Å². The molecule has 2 aliphatic rings. The molecule has 3 heteroatoms. The number of carbonyl (C=O) groups excluding carboxylic acids is 1. The van der Waals surface area contributed by atoms with Crippen molar-refractivity contribution >= 4 is 5.78 Å². The maximum absolute atomic E-state index is 12.2. The lowest BCUT2D eigenvalue weighted by molar-refractivity contribution is -0.0283. The van der Waals surface area contributed by atoms with Gasteiger partial charge in [0.05, 0.1) is 12.7 Å². The van der Waals surface area contributed by atoms with Crippen molar-refractivity contribution < 1.29 is 14.3 Å². The average Bonchev–Trinajstić information content (AvgIpc) is 3.06.